The molecule has 2 aliphatic carbocycles. The van der Waals surface area contributed by atoms with Gasteiger partial charge in [-0.3, -0.25) is 4.79 Å². The highest BCUT2D eigenvalue weighted by molar-refractivity contribution is 6.07. The molecule has 124 valence electrons. The molecule has 4 heteroatoms. The average molecular weight is 322 g/mol. The number of piperidine rings is 1. The van der Waals surface area contributed by atoms with E-state index in [1.165, 1.54) is 0 Å². The van der Waals surface area contributed by atoms with Gasteiger partial charge in [-0.2, -0.15) is 0 Å². The summed E-state index contributed by atoms with van der Waals surface area (Å²) >= 11 is 0. The minimum absolute atomic E-state index is 0.00280. The minimum atomic E-state index is -0.554. The second kappa shape index (κ2) is 3.94. The number of ether oxygens (including phenoxy) is 1. The maximum atomic E-state index is 13.4. The number of carbonyl (C=O) groups excluding carboxylic acids is 1. The summed E-state index contributed by atoms with van der Waals surface area (Å²) in [6, 6.07) is 8.64. The van der Waals surface area contributed by atoms with Gasteiger partial charge in [0.05, 0.1) is 12.7 Å². The van der Waals surface area contributed by atoms with Crippen molar-refractivity contribution in [1.29, 1.82) is 0 Å². The molecule has 4 fully saturated rings. The number of rotatable bonds is 1. The van der Waals surface area contributed by atoms with Crippen LogP contribution in [0.1, 0.15) is 12.0 Å². The van der Waals surface area contributed by atoms with E-state index in [0.717, 1.165) is 30.8 Å². The standard InChI is InChI=1S/C20H22N2O2/c1-3-19-10-22(2)16-11-9-24-15(8-13(11)19)20(17(16)19)12-6-4-5-7-14(12)21-18(20)23/h3-7,11,13,15-17H,1,8-10H2,2H3,(H,21,23)/t11-,13+,15+,16+,17-,19+,20-/m1/s1. The highest BCUT2D eigenvalue weighted by Crippen LogP contribution is 2.73. The smallest absolute Gasteiger partial charge is 0.238 e. The van der Waals surface area contributed by atoms with E-state index in [1.54, 1.807) is 0 Å². The maximum Gasteiger partial charge on any atom is 0.238 e. The van der Waals surface area contributed by atoms with Crippen LogP contribution in [0.15, 0.2) is 36.9 Å². The Morgan fingerprint density at radius 3 is 3.08 bits per heavy atom. The highest BCUT2D eigenvalue weighted by atomic mass is 16.5. The molecule has 0 radical (unpaired) electrons. The molecule has 4 nitrogen and oxygen atoms in total. The minimum Gasteiger partial charge on any atom is -0.376 e. The van der Waals surface area contributed by atoms with Crippen molar-refractivity contribution in [1.82, 2.24) is 4.90 Å². The lowest BCUT2D eigenvalue weighted by atomic mass is 9.51. The Balaban J connectivity index is 1.69. The SMILES string of the molecule is C=C[C@]12CN(C)[C@H]3[C@@H]4CO[C@@H](C[C@@H]41)[C@@]1(C(=O)Nc4ccccc41)[C@H]32. The number of hydrogen-bond acceptors (Lipinski definition) is 3. The lowest BCUT2D eigenvalue weighted by molar-refractivity contribution is -0.153. The molecule has 2 saturated heterocycles. The third-order valence-corrected chi connectivity index (χ3v) is 7.93. The van der Waals surface area contributed by atoms with E-state index in [4.69, 9.17) is 4.74 Å². The molecule has 1 aromatic carbocycles. The number of fused-ring (bicyclic) bond motifs is 5. The number of hydrogen-bond donors (Lipinski definition) is 1. The molecule has 1 N–H and O–H groups in total. The van der Waals surface area contributed by atoms with Gasteiger partial charge in [-0.25, -0.2) is 0 Å². The fourth-order valence-electron chi connectivity index (χ4n) is 7.38. The summed E-state index contributed by atoms with van der Waals surface area (Å²) in [5.74, 6) is 1.56. The fraction of sp³-hybridized carbons (Fsp3) is 0.550. The summed E-state index contributed by atoms with van der Waals surface area (Å²) in [7, 11) is 2.21. The van der Waals surface area contributed by atoms with Crippen molar-refractivity contribution in [2.45, 2.75) is 24.0 Å². The molecule has 3 aliphatic heterocycles. The van der Waals surface area contributed by atoms with Gasteiger partial charge in [-0.15, -0.1) is 6.58 Å². The van der Waals surface area contributed by atoms with E-state index in [9.17, 15) is 4.79 Å². The molecule has 3 heterocycles. The van der Waals surface area contributed by atoms with Gasteiger partial charge in [0.1, 0.15) is 5.41 Å². The Bertz CT molecular complexity index is 792. The van der Waals surface area contributed by atoms with Crippen LogP contribution in [0.3, 0.4) is 0 Å². The Morgan fingerprint density at radius 1 is 1.42 bits per heavy atom. The lowest BCUT2D eigenvalue weighted by Crippen LogP contribution is -2.62. The van der Waals surface area contributed by atoms with Crippen LogP contribution < -0.4 is 5.32 Å². The zero-order valence-electron chi connectivity index (χ0n) is 13.9. The lowest BCUT2D eigenvalue weighted by Gasteiger charge is -2.54. The summed E-state index contributed by atoms with van der Waals surface area (Å²) in [4.78, 5) is 15.9. The first-order valence-corrected chi connectivity index (χ1v) is 9.01. The van der Waals surface area contributed by atoms with E-state index in [0.29, 0.717) is 17.9 Å². The van der Waals surface area contributed by atoms with Gasteiger partial charge >= 0.3 is 0 Å². The molecule has 2 saturated carbocycles. The first-order chi connectivity index (χ1) is 11.6. The number of nitrogens with one attached hydrogen (secondary N) is 1. The molecule has 5 aliphatic rings. The number of nitrogens with zero attached hydrogens (tertiary/aromatic N) is 1. The fourth-order valence-corrected chi connectivity index (χ4v) is 7.38. The van der Waals surface area contributed by atoms with Crippen molar-refractivity contribution in [3.05, 3.63) is 42.5 Å². The second-order valence-corrected chi connectivity index (χ2v) is 8.40. The topological polar surface area (TPSA) is 41.6 Å². The number of amides is 1. The van der Waals surface area contributed by atoms with Crippen molar-refractivity contribution in [3.8, 4) is 0 Å². The van der Waals surface area contributed by atoms with Gasteiger partial charge in [-0.05, 0) is 31.0 Å². The molecular formula is C20H22N2O2. The second-order valence-electron chi connectivity index (χ2n) is 8.40. The van der Waals surface area contributed by atoms with Gasteiger partial charge < -0.3 is 15.0 Å². The van der Waals surface area contributed by atoms with Gasteiger partial charge in [0.15, 0.2) is 0 Å². The number of benzene rings is 1. The van der Waals surface area contributed by atoms with Crippen LogP contribution in [-0.4, -0.2) is 43.2 Å². The molecule has 1 amide bonds. The molecule has 5 bridgehead atoms. The van der Waals surface area contributed by atoms with Crippen molar-refractivity contribution >= 4 is 11.6 Å². The number of carbonyl (C=O) groups is 1. The highest BCUT2D eigenvalue weighted by Gasteiger charge is 2.79. The maximum absolute atomic E-state index is 13.4. The third kappa shape index (κ3) is 1.12. The number of anilines is 1. The largest absolute Gasteiger partial charge is 0.376 e. The van der Waals surface area contributed by atoms with Crippen LogP contribution in [0.25, 0.3) is 0 Å². The van der Waals surface area contributed by atoms with Crippen molar-refractivity contribution in [2.24, 2.45) is 23.2 Å². The average Bonchev–Trinajstić information content (AvgIpc) is 3.08. The summed E-state index contributed by atoms with van der Waals surface area (Å²) in [5.41, 5.74) is 1.61. The van der Waals surface area contributed by atoms with E-state index in [2.05, 4.69) is 42.1 Å². The van der Waals surface area contributed by atoms with Crippen LogP contribution in [0.4, 0.5) is 5.69 Å². The Morgan fingerprint density at radius 2 is 2.25 bits per heavy atom. The quantitative estimate of drug-likeness (QED) is 0.805. The molecule has 1 spiro atoms. The third-order valence-electron chi connectivity index (χ3n) is 7.93. The summed E-state index contributed by atoms with van der Waals surface area (Å²) in [6.07, 6.45) is 3.17. The van der Waals surface area contributed by atoms with Crippen LogP contribution in [0, 0.1) is 23.2 Å². The first-order valence-electron chi connectivity index (χ1n) is 9.01. The first kappa shape index (κ1) is 13.6. The monoisotopic (exact) mass is 322 g/mol. The van der Waals surface area contributed by atoms with Crippen LogP contribution in [-0.2, 0) is 14.9 Å². The molecule has 24 heavy (non-hydrogen) atoms. The molecule has 0 aromatic heterocycles. The zero-order chi connectivity index (χ0) is 16.3. The van der Waals surface area contributed by atoms with E-state index < -0.39 is 5.41 Å². The van der Waals surface area contributed by atoms with E-state index in [1.807, 2.05) is 12.1 Å². The Labute approximate surface area is 141 Å². The van der Waals surface area contributed by atoms with E-state index >= 15 is 0 Å². The van der Waals surface area contributed by atoms with Crippen molar-refractivity contribution in [2.75, 3.05) is 25.5 Å². The predicted octanol–water partition coefficient (Wildman–Crippen LogP) is 2.03. The molecular weight excluding hydrogens is 300 g/mol. The normalized spacial score (nSPS) is 50.4. The number of likely N-dealkylation sites (tertiary alicyclic amines) is 1. The summed E-state index contributed by atoms with van der Waals surface area (Å²) in [6.45, 7) is 6.06. The van der Waals surface area contributed by atoms with Gasteiger partial charge in [0.2, 0.25) is 5.91 Å². The van der Waals surface area contributed by atoms with Crippen LogP contribution in [0.2, 0.25) is 0 Å². The van der Waals surface area contributed by atoms with Crippen molar-refractivity contribution in [3.63, 3.8) is 0 Å². The molecule has 7 atom stereocenters. The molecule has 1 aromatic rings. The summed E-state index contributed by atoms with van der Waals surface area (Å²) in [5, 5.41) is 3.18. The number of para-hydroxylation sites is 1. The summed E-state index contributed by atoms with van der Waals surface area (Å²) < 4.78 is 6.34. The van der Waals surface area contributed by atoms with Crippen molar-refractivity contribution < 1.29 is 9.53 Å². The van der Waals surface area contributed by atoms with E-state index in [-0.39, 0.29) is 23.3 Å². The molecule has 0 unspecified atom stereocenters. The van der Waals surface area contributed by atoms with Gasteiger partial charge in [-0.1, -0.05) is 24.3 Å². The molecule has 6 rings (SSSR count). The van der Waals surface area contributed by atoms with Crippen LogP contribution in [0.5, 0.6) is 0 Å². The Hall–Kier alpha value is -1.65. The zero-order valence-corrected chi connectivity index (χ0v) is 13.9. The Kier molecular flexibility index (Phi) is 2.24. The van der Waals surface area contributed by atoms with Gasteiger partial charge in [0.25, 0.3) is 0 Å². The predicted molar refractivity (Wildman–Crippen MR) is 90.6 cm³/mol. The van der Waals surface area contributed by atoms with Crippen LogP contribution >= 0.6 is 0 Å². The van der Waals surface area contributed by atoms with Gasteiger partial charge in [0, 0.05) is 35.5 Å².